The van der Waals surface area contributed by atoms with Crippen molar-refractivity contribution in [1.29, 1.82) is 0 Å². The molecule has 8 heteroatoms. The molecule has 0 radical (unpaired) electrons. The van der Waals surface area contributed by atoms with Gasteiger partial charge in [0.1, 0.15) is 16.9 Å². The first-order valence-corrected chi connectivity index (χ1v) is 6.42. The molecule has 1 aromatic carbocycles. The van der Waals surface area contributed by atoms with Crippen molar-refractivity contribution in [2.24, 2.45) is 0 Å². The number of carbonyl (C=O) groups excluding carboxylic acids is 2. The van der Waals surface area contributed by atoms with Gasteiger partial charge in [-0.1, -0.05) is 0 Å². The summed E-state index contributed by atoms with van der Waals surface area (Å²) in [6.07, 6.45) is 0. The zero-order valence-corrected chi connectivity index (χ0v) is 12.5. The SMILES string of the molecule is CC(=O)Oc1cc2oc(C)c(C(=O)O)c(=O)c2cc1OC(C)=O. The van der Waals surface area contributed by atoms with Crippen LogP contribution in [0.4, 0.5) is 0 Å². The third-order valence-corrected chi connectivity index (χ3v) is 2.85. The van der Waals surface area contributed by atoms with Gasteiger partial charge in [-0.25, -0.2) is 4.79 Å². The van der Waals surface area contributed by atoms with Crippen LogP contribution in [0.15, 0.2) is 21.3 Å². The van der Waals surface area contributed by atoms with Gasteiger partial charge in [-0.15, -0.1) is 0 Å². The molecule has 2 aromatic rings. The van der Waals surface area contributed by atoms with E-state index in [1.807, 2.05) is 0 Å². The predicted octanol–water partition coefficient (Wildman–Crippen LogP) is 1.65. The van der Waals surface area contributed by atoms with Gasteiger partial charge in [-0.3, -0.25) is 14.4 Å². The van der Waals surface area contributed by atoms with Crippen molar-refractivity contribution in [3.63, 3.8) is 0 Å². The third kappa shape index (κ3) is 3.20. The number of carbonyl (C=O) groups is 3. The summed E-state index contributed by atoms with van der Waals surface area (Å²) in [7, 11) is 0. The highest BCUT2D eigenvalue weighted by atomic mass is 16.6. The van der Waals surface area contributed by atoms with Gasteiger partial charge in [0.15, 0.2) is 11.5 Å². The minimum atomic E-state index is -1.43. The summed E-state index contributed by atoms with van der Waals surface area (Å²) in [6, 6.07) is 2.29. The van der Waals surface area contributed by atoms with Crippen LogP contribution < -0.4 is 14.9 Å². The Morgan fingerprint density at radius 2 is 1.57 bits per heavy atom. The van der Waals surface area contributed by atoms with Crippen LogP contribution >= 0.6 is 0 Å². The average molecular weight is 320 g/mol. The number of carboxylic acid groups (broad SMARTS) is 1. The van der Waals surface area contributed by atoms with Gasteiger partial charge < -0.3 is 19.0 Å². The number of hydrogen-bond acceptors (Lipinski definition) is 7. The standard InChI is InChI=1S/C15H12O8/c1-6-13(15(19)20)14(18)9-4-11(22-7(2)16)12(23-8(3)17)5-10(9)21-6/h4-5H,1-3H3,(H,19,20). The number of esters is 2. The van der Waals surface area contributed by atoms with Crippen LogP contribution in [0.1, 0.15) is 30.0 Å². The van der Waals surface area contributed by atoms with E-state index in [0.29, 0.717) is 0 Å². The Balaban J connectivity index is 2.81. The lowest BCUT2D eigenvalue weighted by Gasteiger charge is -2.10. The molecule has 0 saturated heterocycles. The molecule has 1 N–H and O–H groups in total. The highest BCUT2D eigenvalue weighted by Gasteiger charge is 2.21. The molecule has 0 aliphatic heterocycles. The number of ether oxygens (including phenoxy) is 2. The van der Waals surface area contributed by atoms with Gasteiger partial charge in [-0.05, 0) is 13.0 Å². The normalized spacial score (nSPS) is 10.4. The maximum absolute atomic E-state index is 12.3. The molecular weight excluding hydrogens is 308 g/mol. The Kier molecular flexibility index (Phi) is 4.17. The summed E-state index contributed by atoms with van der Waals surface area (Å²) in [5.41, 5.74) is -1.31. The first kappa shape index (κ1) is 16.2. The second-order valence-corrected chi connectivity index (χ2v) is 4.65. The van der Waals surface area contributed by atoms with Crippen molar-refractivity contribution in [3.05, 3.63) is 33.7 Å². The summed E-state index contributed by atoms with van der Waals surface area (Å²) in [6.45, 7) is 3.61. The van der Waals surface area contributed by atoms with Crippen molar-refractivity contribution in [2.75, 3.05) is 0 Å². The average Bonchev–Trinajstić information content (AvgIpc) is 2.38. The van der Waals surface area contributed by atoms with Gasteiger partial charge in [0.05, 0.1) is 5.39 Å². The fourth-order valence-corrected chi connectivity index (χ4v) is 2.03. The van der Waals surface area contributed by atoms with Gasteiger partial charge in [0, 0.05) is 19.9 Å². The summed E-state index contributed by atoms with van der Waals surface area (Å²) in [5.74, 6) is -3.20. The monoisotopic (exact) mass is 320 g/mol. The first-order chi connectivity index (χ1) is 10.7. The number of aromatic carboxylic acids is 1. The van der Waals surface area contributed by atoms with Gasteiger partial charge in [-0.2, -0.15) is 0 Å². The van der Waals surface area contributed by atoms with Crippen LogP contribution in [0.3, 0.4) is 0 Å². The topological polar surface area (TPSA) is 120 Å². The highest BCUT2D eigenvalue weighted by molar-refractivity contribution is 5.94. The summed E-state index contributed by atoms with van der Waals surface area (Å²) < 4.78 is 15.1. The van der Waals surface area contributed by atoms with E-state index in [1.54, 1.807) is 0 Å². The predicted molar refractivity (Wildman–Crippen MR) is 76.8 cm³/mol. The zero-order valence-electron chi connectivity index (χ0n) is 12.5. The number of rotatable bonds is 3. The number of aryl methyl sites for hydroxylation is 1. The minimum absolute atomic E-state index is 0.00431. The summed E-state index contributed by atoms with van der Waals surface area (Å²) in [4.78, 5) is 45.7. The van der Waals surface area contributed by atoms with Crippen molar-refractivity contribution in [1.82, 2.24) is 0 Å². The van der Waals surface area contributed by atoms with Crippen molar-refractivity contribution in [2.45, 2.75) is 20.8 Å². The molecular formula is C15H12O8. The molecule has 2 rings (SSSR count). The van der Waals surface area contributed by atoms with Crippen LogP contribution in [0.2, 0.25) is 0 Å². The minimum Gasteiger partial charge on any atom is -0.477 e. The summed E-state index contributed by atoms with van der Waals surface area (Å²) in [5, 5.41) is 8.97. The van der Waals surface area contributed by atoms with E-state index >= 15 is 0 Å². The smallest absolute Gasteiger partial charge is 0.343 e. The van der Waals surface area contributed by atoms with Crippen LogP contribution in [0, 0.1) is 6.92 Å². The molecule has 0 spiro atoms. The fourth-order valence-electron chi connectivity index (χ4n) is 2.03. The number of fused-ring (bicyclic) bond motifs is 1. The Hall–Kier alpha value is -3.16. The third-order valence-electron chi connectivity index (χ3n) is 2.85. The molecule has 23 heavy (non-hydrogen) atoms. The maximum atomic E-state index is 12.3. The molecule has 0 bridgehead atoms. The lowest BCUT2D eigenvalue weighted by Crippen LogP contribution is -2.17. The fraction of sp³-hybridized carbons (Fsp3) is 0.200. The first-order valence-electron chi connectivity index (χ1n) is 6.42. The number of hydrogen-bond donors (Lipinski definition) is 1. The van der Waals surface area contributed by atoms with Crippen LogP contribution in [0.25, 0.3) is 11.0 Å². The molecule has 1 aromatic heterocycles. The van der Waals surface area contributed by atoms with Gasteiger partial charge >= 0.3 is 17.9 Å². The van der Waals surface area contributed by atoms with E-state index in [4.69, 9.17) is 19.0 Å². The van der Waals surface area contributed by atoms with E-state index in [2.05, 4.69) is 0 Å². The number of benzene rings is 1. The van der Waals surface area contributed by atoms with Crippen LogP contribution in [-0.2, 0) is 9.59 Å². The van der Waals surface area contributed by atoms with E-state index in [-0.39, 0.29) is 28.2 Å². The van der Waals surface area contributed by atoms with E-state index < -0.39 is 28.9 Å². The van der Waals surface area contributed by atoms with E-state index in [9.17, 15) is 19.2 Å². The molecule has 0 unspecified atom stereocenters. The second-order valence-electron chi connectivity index (χ2n) is 4.65. The van der Waals surface area contributed by atoms with Crippen molar-refractivity contribution < 1.29 is 33.4 Å². The number of carboxylic acids is 1. The maximum Gasteiger partial charge on any atom is 0.343 e. The van der Waals surface area contributed by atoms with Gasteiger partial charge in [0.2, 0.25) is 5.43 Å². The molecule has 0 aliphatic rings. The molecule has 0 amide bonds. The Labute approximate surface area is 129 Å². The van der Waals surface area contributed by atoms with Crippen LogP contribution in [0.5, 0.6) is 11.5 Å². The largest absolute Gasteiger partial charge is 0.477 e. The highest BCUT2D eigenvalue weighted by Crippen LogP contribution is 2.32. The molecule has 0 fully saturated rings. The molecule has 8 nitrogen and oxygen atoms in total. The lowest BCUT2D eigenvalue weighted by atomic mass is 10.1. The van der Waals surface area contributed by atoms with Crippen LogP contribution in [-0.4, -0.2) is 23.0 Å². The second kappa shape index (κ2) is 5.91. The Bertz CT molecular complexity index is 890. The Morgan fingerprint density at radius 3 is 2.04 bits per heavy atom. The van der Waals surface area contributed by atoms with E-state index in [1.165, 1.54) is 13.0 Å². The van der Waals surface area contributed by atoms with Crippen molar-refractivity contribution in [3.8, 4) is 11.5 Å². The summed E-state index contributed by atoms with van der Waals surface area (Å²) >= 11 is 0. The zero-order chi connectivity index (χ0) is 17.3. The Morgan fingerprint density at radius 1 is 1.04 bits per heavy atom. The molecule has 0 atom stereocenters. The molecule has 1 heterocycles. The molecule has 120 valence electrons. The van der Waals surface area contributed by atoms with Gasteiger partial charge in [0.25, 0.3) is 0 Å². The van der Waals surface area contributed by atoms with Crippen molar-refractivity contribution >= 4 is 28.9 Å². The molecule has 0 saturated carbocycles. The lowest BCUT2D eigenvalue weighted by molar-refractivity contribution is -0.134. The molecule has 0 aliphatic carbocycles. The van der Waals surface area contributed by atoms with E-state index in [0.717, 1.165) is 19.9 Å². The quantitative estimate of drug-likeness (QED) is 0.669.